The standard InChI is InChI=1S/C12H11F4N/c13-10-7-8(12(14,15)16)4-5-9(10)11-3-1-2-6-17-11/h4-5,7H,1-3,6H2. The first-order valence-electron chi connectivity index (χ1n) is 5.39. The Bertz CT molecular complexity index is 448. The fourth-order valence-electron chi connectivity index (χ4n) is 1.84. The Kier molecular flexibility index (Phi) is 3.17. The van der Waals surface area contributed by atoms with Crippen LogP contribution in [0, 0.1) is 5.82 Å². The van der Waals surface area contributed by atoms with Gasteiger partial charge in [-0.25, -0.2) is 4.39 Å². The molecule has 0 spiro atoms. The lowest BCUT2D eigenvalue weighted by atomic mass is 10.00. The zero-order valence-corrected chi connectivity index (χ0v) is 9.02. The SMILES string of the molecule is Fc1cc(C(F)(F)F)ccc1C1=NCCCC1. The minimum atomic E-state index is -4.51. The molecule has 1 aliphatic rings. The van der Waals surface area contributed by atoms with Crippen molar-refractivity contribution in [2.75, 3.05) is 6.54 Å². The van der Waals surface area contributed by atoms with Crippen molar-refractivity contribution in [3.8, 4) is 0 Å². The van der Waals surface area contributed by atoms with Crippen LogP contribution in [0.15, 0.2) is 23.2 Å². The highest BCUT2D eigenvalue weighted by Gasteiger charge is 2.31. The average molecular weight is 245 g/mol. The second-order valence-corrected chi connectivity index (χ2v) is 3.98. The Hall–Kier alpha value is -1.39. The molecule has 1 heterocycles. The highest BCUT2D eigenvalue weighted by molar-refractivity contribution is 6.01. The van der Waals surface area contributed by atoms with E-state index in [0.717, 1.165) is 18.9 Å². The lowest BCUT2D eigenvalue weighted by Gasteiger charge is -2.14. The number of halogens is 4. The maximum atomic E-state index is 13.6. The van der Waals surface area contributed by atoms with Crippen molar-refractivity contribution in [3.05, 3.63) is 35.1 Å². The Morgan fingerprint density at radius 2 is 1.88 bits per heavy atom. The summed E-state index contributed by atoms with van der Waals surface area (Å²) in [6, 6.07) is 2.60. The van der Waals surface area contributed by atoms with E-state index in [1.807, 2.05) is 0 Å². The van der Waals surface area contributed by atoms with Crippen LogP contribution in [0.4, 0.5) is 17.6 Å². The van der Waals surface area contributed by atoms with Gasteiger partial charge in [-0.3, -0.25) is 4.99 Å². The lowest BCUT2D eigenvalue weighted by molar-refractivity contribution is -0.137. The van der Waals surface area contributed by atoms with Crippen molar-refractivity contribution >= 4 is 5.71 Å². The van der Waals surface area contributed by atoms with Crippen LogP contribution >= 0.6 is 0 Å². The van der Waals surface area contributed by atoms with Gasteiger partial charge < -0.3 is 0 Å². The van der Waals surface area contributed by atoms with Gasteiger partial charge in [0.2, 0.25) is 0 Å². The predicted molar refractivity (Wildman–Crippen MR) is 56.7 cm³/mol. The molecule has 0 radical (unpaired) electrons. The minimum Gasteiger partial charge on any atom is -0.289 e. The van der Waals surface area contributed by atoms with E-state index in [9.17, 15) is 17.6 Å². The Morgan fingerprint density at radius 1 is 1.12 bits per heavy atom. The maximum absolute atomic E-state index is 13.6. The van der Waals surface area contributed by atoms with E-state index in [2.05, 4.69) is 4.99 Å². The molecule has 1 aliphatic heterocycles. The fraction of sp³-hybridized carbons (Fsp3) is 0.417. The zero-order valence-electron chi connectivity index (χ0n) is 9.02. The van der Waals surface area contributed by atoms with Crippen LogP contribution in [0.2, 0.25) is 0 Å². The molecule has 0 atom stereocenters. The van der Waals surface area contributed by atoms with Crippen LogP contribution in [-0.4, -0.2) is 12.3 Å². The largest absolute Gasteiger partial charge is 0.416 e. The normalized spacial score (nSPS) is 16.8. The lowest BCUT2D eigenvalue weighted by Crippen LogP contribution is -2.12. The molecule has 92 valence electrons. The second-order valence-electron chi connectivity index (χ2n) is 3.98. The van der Waals surface area contributed by atoms with Gasteiger partial charge in [0.1, 0.15) is 5.82 Å². The quantitative estimate of drug-likeness (QED) is 0.667. The van der Waals surface area contributed by atoms with Crippen molar-refractivity contribution in [3.63, 3.8) is 0 Å². The number of benzene rings is 1. The van der Waals surface area contributed by atoms with Gasteiger partial charge in [0, 0.05) is 17.8 Å². The fourth-order valence-corrected chi connectivity index (χ4v) is 1.84. The van der Waals surface area contributed by atoms with Crippen molar-refractivity contribution in [1.82, 2.24) is 0 Å². The Labute approximate surface area is 96.2 Å². The minimum absolute atomic E-state index is 0.192. The number of nitrogens with zero attached hydrogens (tertiary/aromatic N) is 1. The zero-order chi connectivity index (χ0) is 12.5. The summed E-state index contributed by atoms with van der Waals surface area (Å²) in [5, 5.41) is 0. The van der Waals surface area contributed by atoms with E-state index in [-0.39, 0.29) is 5.56 Å². The van der Waals surface area contributed by atoms with Gasteiger partial charge in [0.15, 0.2) is 0 Å². The van der Waals surface area contributed by atoms with E-state index in [1.54, 1.807) is 0 Å². The highest BCUT2D eigenvalue weighted by atomic mass is 19.4. The molecule has 0 amide bonds. The molecule has 0 N–H and O–H groups in total. The molecule has 5 heteroatoms. The summed E-state index contributed by atoms with van der Waals surface area (Å²) in [6.07, 6.45) is -2.03. The summed E-state index contributed by atoms with van der Waals surface area (Å²) < 4.78 is 50.6. The van der Waals surface area contributed by atoms with E-state index in [1.165, 1.54) is 6.07 Å². The van der Waals surface area contributed by atoms with Gasteiger partial charge in [-0.15, -0.1) is 0 Å². The molecule has 0 aromatic heterocycles. The van der Waals surface area contributed by atoms with E-state index >= 15 is 0 Å². The van der Waals surface area contributed by atoms with Crippen molar-refractivity contribution in [1.29, 1.82) is 0 Å². The van der Waals surface area contributed by atoms with E-state index < -0.39 is 17.6 Å². The van der Waals surface area contributed by atoms with Crippen LogP contribution in [-0.2, 0) is 6.18 Å². The van der Waals surface area contributed by atoms with Crippen molar-refractivity contribution in [2.45, 2.75) is 25.4 Å². The number of rotatable bonds is 1. The third-order valence-corrected chi connectivity index (χ3v) is 2.73. The monoisotopic (exact) mass is 245 g/mol. The molecule has 0 fully saturated rings. The third-order valence-electron chi connectivity index (χ3n) is 2.73. The third kappa shape index (κ3) is 2.65. The van der Waals surface area contributed by atoms with E-state index in [0.29, 0.717) is 24.7 Å². The Morgan fingerprint density at radius 3 is 2.41 bits per heavy atom. The summed E-state index contributed by atoms with van der Waals surface area (Å²) >= 11 is 0. The first-order valence-corrected chi connectivity index (χ1v) is 5.39. The molecule has 0 aliphatic carbocycles. The highest BCUT2D eigenvalue weighted by Crippen LogP contribution is 2.30. The van der Waals surface area contributed by atoms with Gasteiger partial charge in [0.05, 0.1) is 5.56 Å². The summed E-state index contributed by atoms with van der Waals surface area (Å²) in [5.74, 6) is -0.847. The van der Waals surface area contributed by atoms with Crippen LogP contribution in [0.1, 0.15) is 30.4 Å². The van der Waals surface area contributed by atoms with Gasteiger partial charge in [-0.1, -0.05) is 0 Å². The molecule has 1 aromatic rings. The van der Waals surface area contributed by atoms with E-state index in [4.69, 9.17) is 0 Å². The average Bonchev–Trinajstić information content (AvgIpc) is 2.29. The van der Waals surface area contributed by atoms with Crippen LogP contribution < -0.4 is 0 Å². The first-order chi connectivity index (χ1) is 7.98. The first kappa shape index (κ1) is 12.1. The predicted octanol–water partition coefficient (Wildman–Crippen LogP) is 3.82. The number of hydrogen-bond donors (Lipinski definition) is 0. The summed E-state index contributed by atoms with van der Waals surface area (Å²) in [5.41, 5.74) is -0.199. The van der Waals surface area contributed by atoms with Crippen LogP contribution in [0.5, 0.6) is 0 Å². The molecule has 1 aromatic carbocycles. The molecule has 0 saturated heterocycles. The second kappa shape index (κ2) is 4.47. The smallest absolute Gasteiger partial charge is 0.289 e. The van der Waals surface area contributed by atoms with Crippen LogP contribution in [0.3, 0.4) is 0 Å². The Balaban J connectivity index is 2.35. The molecule has 2 rings (SSSR count). The number of alkyl halides is 3. The van der Waals surface area contributed by atoms with Crippen molar-refractivity contribution in [2.24, 2.45) is 4.99 Å². The van der Waals surface area contributed by atoms with Crippen LogP contribution in [0.25, 0.3) is 0 Å². The molecular weight excluding hydrogens is 234 g/mol. The molecule has 1 nitrogen and oxygen atoms in total. The number of aliphatic imine (C=N–C) groups is 1. The molecule has 0 saturated carbocycles. The summed E-state index contributed by atoms with van der Waals surface area (Å²) in [6.45, 7) is 0.621. The summed E-state index contributed by atoms with van der Waals surface area (Å²) in [4.78, 5) is 4.15. The number of hydrogen-bond acceptors (Lipinski definition) is 1. The molecular formula is C12H11F4N. The van der Waals surface area contributed by atoms with Gasteiger partial charge >= 0.3 is 6.18 Å². The topological polar surface area (TPSA) is 12.4 Å². The summed E-state index contributed by atoms with van der Waals surface area (Å²) in [7, 11) is 0. The molecule has 0 unspecified atom stereocenters. The van der Waals surface area contributed by atoms with Gasteiger partial charge in [-0.2, -0.15) is 13.2 Å². The molecule has 17 heavy (non-hydrogen) atoms. The van der Waals surface area contributed by atoms with Crippen molar-refractivity contribution < 1.29 is 17.6 Å². The van der Waals surface area contributed by atoms with Gasteiger partial charge in [0.25, 0.3) is 0 Å². The maximum Gasteiger partial charge on any atom is 0.416 e. The van der Waals surface area contributed by atoms with Gasteiger partial charge in [-0.05, 0) is 37.5 Å². The molecule has 0 bridgehead atoms.